The van der Waals surface area contributed by atoms with E-state index in [1.807, 2.05) is 6.92 Å². The van der Waals surface area contributed by atoms with Crippen molar-refractivity contribution in [3.05, 3.63) is 0 Å². The van der Waals surface area contributed by atoms with Gasteiger partial charge in [-0.05, 0) is 57.7 Å². The normalized spacial score (nSPS) is 15.9. The molecule has 5 atom stereocenters. The van der Waals surface area contributed by atoms with Crippen LogP contribution >= 0.6 is 0 Å². The van der Waals surface area contributed by atoms with Gasteiger partial charge in [-0.1, -0.05) is 137 Å². The molecule has 0 aromatic carbocycles. The summed E-state index contributed by atoms with van der Waals surface area (Å²) in [5.74, 6) is 0.628. The molecule has 0 saturated heterocycles. The maximum absolute atomic E-state index is 10.9. The second-order valence-corrected chi connectivity index (χ2v) is 13.6. The molecule has 0 rings (SSSR count). The molecular weight excluding hydrogens is 508 g/mol. The van der Waals surface area contributed by atoms with Gasteiger partial charge >= 0.3 is 0 Å². The Morgan fingerprint density at radius 3 is 1.34 bits per heavy atom. The van der Waals surface area contributed by atoms with Crippen LogP contribution in [0.1, 0.15) is 163 Å². The molecule has 0 heterocycles. The molecule has 41 heavy (non-hydrogen) atoms. The van der Waals surface area contributed by atoms with E-state index in [9.17, 15) is 15.3 Å². The van der Waals surface area contributed by atoms with Crippen LogP contribution in [0, 0.1) is 11.8 Å². The molecule has 0 fully saturated rings. The summed E-state index contributed by atoms with van der Waals surface area (Å²) in [6.07, 6.45) is 24.2. The van der Waals surface area contributed by atoms with Crippen LogP contribution in [0.4, 0.5) is 0 Å². The summed E-state index contributed by atoms with van der Waals surface area (Å²) in [6, 6.07) is 0. The molecule has 0 amide bonds. The van der Waals surface area contributed by atoms with Crippen molar-refractivity contribution >= 4 is 0 Å². The number of nitrogens with zero attached hydrogens (tertiary/aromatic N) is 2. The molecule has 0 spiro atoms. The second-order valence-electron chi connectivity index (χ2n) is 13.6. The lowest BCUT2D eigenvalue weighted by atomic mass is 9.96. The minimum absolute atomic E-state index is 0.276. The summed E-state index contributed by atoms with van der Waals surface area (Å²) in [6.45, 7) is 14.7. The van der Waals surface area contributed by atoms with Crippen molar-refractivity contribution < 1.29 is 15.3 Å². The van der Waals surface area contributed by atoms with Crippen molar-refractivity contribution in [1.82, 2.24) is 9.80 Å². The number of hydrogen-bond acceptors (Lipinski definition) is 5. The fraction of sp³-hybridized carbons (Fsp3) is 1.00. The van der Waals surface area contributed by atoms with Gasteiger partial charge in [-0.2, -0.15) is 0 Å². The first-order valence-corrected chi connectivity index (χ1v) is 18.2. The Kier molecular flexibility index (Phi) is 28.4. The molecule has 5 unspecified atom stereocenters. The van der Waals surface area contributed by atoms with E-state index in [0.717, 1.165) is 38.8 Å². The van der Waals surface area contributed by atoms with Gasteiger partial charge in [0.2, 0.25) is 0 Å². The molecule has 248 valence electrons. The average molecular weight is 585 g/mol. The molecule has 0 aliphatic rings. The summed E-state index contributed by atoms with van der Waals surface area (Å²) in [4.78, 5) is 4.52. The van der Waals surface area contributed by atoms with Crippen molar-refractivity contribution in [2.45, 2.75) is 181 Å². The molecule has 0 saturated carbocycles. The van der Waals surface area contributed by atoms with Gasteiger partial charge in [0, 0.05) is 19.6 Å². The number of rotatable bonds is 31. The highest BCUT2D eigenvalue weighted by molar-refractivity contribution is 4.74. The highest BCUT2D eigenvalue weighted by atomic mass is 16.3. The lowest BCUT2D eigenvalue weighted by Crippen LogP contribution is -2.41. The van der Waals surface area contributed by atoms with E-state index >= 15 is 0 Å². The predicted molar refractivity (Wildman–Crippen MR) is 180 cm³/mol. The molecular formula is C36H76N2O3. The Hall–Kier alpha value is -0.200. The van der Waals surface area contributed by atoms with Gasteiger partial charge in [-0.25, -0.2) is 0 Å². The lowest BCUT2D eigenvalue weighted by molar-refractivity contribution is 0.0382. The highest BCUT2D eigenvalue weighted by Gasteiger charge is 2.20. The molecule has 0 radical (unpaired) electrons. The third-order valence-electron chi connectivity index (χ3n) is 9.24. The molecule has 0 aliphatic heterocycles. The molecule has 5 nitrogen and oxygen atoms in total. The van der Waals surface area contributed by atoms with E-state index in [1.165, 1.54) is 103 Å². The Labute approximate surface area is 257 Å². The summed E-state index contributed by atoms with van der Waals surface area (Å²) in [5, 5.41) is 32.0. The number of unbranched alkanes of at least 4 members (excludes halogenated alkanes) is 14. The van der Waals surface area contributed by atoms with Crippen molar-refractivity contribution in [3.8, 4) is 0 Å². The number of aliphatic hydroxyl groups is 3. The van der Waals surface area contributed by atoms with Crippen LogP contribution in [-0.4, -0.2) is 83.2 Å². The number of aliphatic hydroxyl groups excluding tert-OH is 3. The monoisotopic (exact) mass is 585 g/mol. The van der Waals surface area contributed by atoms with E-state index < -0.39 is 0 Å². The first-order chi connectivity index (χ1) is 19.7. The van der Waals surface area contributed by atoms with E-state index in [1.54, 1.807) is 0 Å². The third-order valence-corrected chi connectivity index (χ3v) is 9.24. The largest absolute Gasteiger partial charge is 0.392 e. The highest BCUT2D eigenvalue weighted by Crippen LogP contribution is 2.18. The molecule has 0 bridgehead atoms. The van der Waals surface area contributed by atoms with E-state index in [-0.39, 0.29) is 24.2 Å². The van der Waals surface area contributed by atoms with Crippen LogP contribution in [0.3, 0.4) is 0 Å². The Bertz CT molecular complexity index is 535. The van der Waals surface area contributed by atoms with E-state index in [0.29, 0.717) is 25.6 Å². The van der Waals surface area contributed by atoms with Crippen LogP contribution in [0.2, 0.25) is 0 Å². The lowest BCUT2D eigenvalue weighted by Gasteiger charge is -2.30. The van der Waals surface area contributed by atoms with Gasteiger partial charge in [0.25, 0.3) is 0 Å². The Balaban J connectivity index is 4.27. The Morgan fingerprint density at radius 1 is 0.488 bits per heavy atom. The van der Waals surface area contributed by atoms with Gasteiger partial charge in [0.05, 0.1) is 18.3 Å². The van der Waals surface area contributed by atoms with Gasteiger partial charge in [-0.3, -0.25) is 4.90 Å². The smallest absolute Gasteiger partial charge is 0.0692 e. The van der Waals surface area contributed by atoms with Crippen LogP contribution in [0.5, 0.6) is 0 Å². The van der Waals surface area contributed by atoms with Crippen molar-refractivity contribution in [2.75, 3.05) is 39.8 Å². The fourth-order valence-electron chi connectivity index (χ4n) is 5.87. The fourth-order valence-corrected chi connectivity index (χ4v) is 5.87. The molecule has 0 aromatic heterocycles. The van der Waals surface area contributed by atoms with Crippen LogP contribution in [0.25, 0.3) is 0 Å². The quantitative estimate of drug-likeness (QED) is 0.0714. The van der Waals surface area contributed by atoms with Crippen LogP contribution in [-0.2, 0) is 0 Å². The second kappa shape index (κ2) is 28.6. The topological polar surface area (TPSA) is 67.2 Å². The first-order valence-electron chi connectivity index (χ1n) is 18.2. The minimum atomic E-state index is -0.347. The van der Waals surface area contributed by atoms with Gasteiger partial charge in [-0.15, -0.1) is 0 Å². The van der Waals surface area contributed by atoms with E-state index in [4.69, 9.17) is 0 Å². The van der Waals surface area contributed by atoms with Crippen LogP contribution in [0.15, 0.2) is 0 Å². The standard InChI is InChI=1S/C36H76N2O3/c1-7-10-12-14-16-18-20-22-25-32(4)35(40)30-37(6)27-24-28-38(29-34(39)9-3)31-36(41)33(5)26-23-21-19-17-15-13-11-8-2/h32-36,39-41H,7-31H2,1-6H3. The van der Waals surface area contributed by atoms with Crippen LogP contribution < -0.4 is 0 Å². The maximum Gasteiger partial charge on any atom is 0.0692 e. The number of hydrogen-bond donors (Lipinski definition) is 3. The zero-order valence-corrected chi connectivity index (χ0v) is 28.8. The Morgan fingerprint density at radius 2 is 0.902 bits per heavy atom. The zero-order chi connectivity index (χ0) is 30.7. The van der Waals surface area contributed by atoms with E-state index in [2.05, 4.69) is 44.5 Å². The van der Waals surface area contributed by atoms with Gasteiger partial charge < -0.3 is 20.2 Å². The SMILES string of the molecule is CCCCCCCCCCC(C)C(O)CN(C)CCCN(CC(O)CC)CC(O)C(C)CCCCCCCCCC. The molecule has 0 aliphatic carbocycles. The summed E-state index contributed by atoms with van der Waals surface area (Å²) >= 11 is 0. The average Bonchev–Trinajstić information content (AvgIpc) is 2.95. The predicted octanol–water partition coefficient (Wildman–Crippen LogP) is 8.44. The van der Waals surface area contributed by atoms with Crippen molar-refractivity contribution in [1.29, 1.82) is 0 Å². The van der Waals surface area contributed by atoms with Crippen molar-refractivity contribution in [3.63, 3.8) is 0 Å². The maximum atomic E-state index is 10.9. The summed E-state index contributed by atoms with van der Waals surface area (Å²) in [7, 11) is 2.11. The van der Waals surface area contributed by atoms with Gasteiger partial charge in [0.1, 0.15) is 0 Å². The minimum Gasteiger partial charge on any atom is -0.392 e. The third kappa shape index (κ3) is 24.9. The molecule has 5 heteroatoms. The molecule has 0 aromatic rings. The first kappa shape index (κ1) is 40.8. The van der Waals surface area contributed by atoms with Gasteiger partial charge in [0.15, 0.2) is 0 Å². The zero-order valence-electron chi connectivity index (χ0n) is 28.8. The van der Waals surface area contributed by atoms with Crippen molar-refractivity contribution in [2.24, 2.45) is 11.8 Å². The summed E-state index contributed by atoms with van der Waals surface area (Å²) < 4.78 is 0. The summed E-state index contributed by atoms with van der Waals surface area (Å²) in [5.41, 5.74) is 0. The number of likely N-dealkylation sites (N-methyl/N-ethyl adjacent to an activating group) is 1. The molecule has 3 N–H and O–H groups in total.